The Kier molecular flexibility index (Phi) is 5.86. The number of benzene rings is 2. The molecule has 0 fully saturated rings. The first-order valence-electron chi connectivity index (χ1n) is 9.02. The smallest absolute Gasteiger partial charge is 0.234 e. The van der Waals surface area contributed by atoms with Gasteiger partial charge in [-0.25, -0.2) is 4.68 Å². The average Bonchev–Trinajstić information content (AvgIpc) is 3.37. The second-order valence-electron chi connectivity index (χ2n) is 6.51. The van der Waals surface area contributed by atoms with Crippen LogP contribution in [0, 0.1) is 6.92 Å². The zero-order valence-corrected chi connectivity index (χ0v) is 18.4. The zero-order valence-electron chi connectivity index (χ0n) is 16.0. The number of carbonyl (C=O) groups is 1. The average molecular weight is 484 g/mol. The summed E-state index contributed by atoms with van der Waals surface area (Å²) in [6.45, 7) is 1.96. The summed E-state index contributed by atoms with van der Waals surface area (Å²) in [5, 5.41) is 18.8. The van der Waals surface area contributed by atoms with Crippen molar-refractivity contribution in [3.8, 4) is 22.8 Å². The molecule has 152 valence electrons. The van der Waals surface area contributed by atoms with Crippen molar-refractivity contribution in [1.82, 2.24) is 25.1 Å². The summed E-state index contributed by atoms with van der Waals surface area (Å²) < 4.78 is 2.34. The van der Waals surface area contributed by atoms with E-state index < -0.39 is 0 Å². The minimum absolute atomic E-state index is 0.154. The van der Waals surface area contributed by atoms with E-state index in [1.165, 1.54) is 16.4 Å². The van der Waals surface area contributed by atoms with E-state index >= 15 is 0 Å². The van der Waals surface area contributed by atoms with Crippen molar-refractivity contribution in [3.05, 3.63) is 64.6 Å². The third kappa shape index (κ3) is 4.39. The number of carbonyl (C=O) groups excluding carboxylic acids is 1. The SMILES string of the molecule is Cc1cc(NC(=O)CSc2nnc(-c3cc(-c4ccccc4)n[nH]3)n2N)ccc1Br. The lowest BCUT2D eigenvalue weighted by Gasteiger charge is -2.07. The monoisotopic (exact) mass is 483 g/mol. The molecule has 0 aliphatic carbocycles. The maximum Gasteiger partial charge on any atom is 0.234 e. The number of aromatic amines is 1. The molecular formula is C20H18BrN7OS. The molecule has 8 nitrogen and oxygen atoms in total. The summed E-state index contributed by atoms with van der Waals surface area (Å²) in [6.07, 6.45) is 0. The fraction of sp³-hybridized carbons (Fsp3) is 0.100. The van der Waals surface area contributed by atoms with Gasteiger partial charge in [0.2, 0.25) is 16.9 Å². The van der Waals surface area contributed by atoms with Crippen LogP contribution < -0.4 is 11.2 Å². The molecule has 30 heavy (non-hydrogen) atoms. The second kappa shape index (κ2) is 8.72. The number of halogens is 1. The molecular weight excluding hydrogens is 466 g/mol. The highest BCUT2D eigenvalue weighted by molar-refractivity contribution is 9.10. The van der Waals surface area contributed by atoms with E-state index in [0.29, 0.717) is 16.7 Å². The van der Waals surface area contributed by atoms with E-state index in [-0.39, 0.29) is 11.7 Å². The van der Waals surface area contributed by atoms with Gasteiger partial charge in [0, 0.05) is 15.7 Å². The molecule has 0 bridgehead atoms. The number of anilines is 1. The van der Waals surface area contributed by atoms with E-state index in [9.17, 15) is 4.79 Å². The quantitative estimate of drug-likeness (QED) is 0.283. The van der Waals surface area contributed by atoms with Crippen LogP contribution >= 0.6 is 27.7 Å². The van der Waals surface area contributed by atoms with Gasteiger partial charge in [-0.15, -0.1) is 10.2 Å². The highest BCUT2D eigenvalue weighted by Gasteiger charge is 2.16. The summed E-state index contributed by atoms with van der Waals surface area (Å²) in [6, 6.07) is 17.3. The van der Waals surface area contributed by atoms with Crippen LogP contribution in [0.25, 0.3) is 22.8 Å². The van der Waals surface area contributed by atoms with E-state index in [0.717, 1.165) is 27.0 Å². The molecule has 2 heterocycles. The van der Waals surface area contributed by atoms with Crippen molar-refractivity contribution < 1.29 is 4.79 Å². The number of H-pyrrole nitrogens is 1. The first-order valence-corrected chi connectivity index (χ1v) is 10.8. The highest BCUT2D eigenvalue weighted by atomic mass is 79.9. The normalized spacial score (nSPS) is 10.9. The fourth-order valence-corrected chi connectivity index (χ4v) is 3.70. The Balaban J connectivity index is 1.42. The Morgan fingerprint density at radius 3 is 2.77 bits per heavy atom. The molecule has 0 saturated carbocycles. The van der Waals surface area contributed by atoms with Gasteiger partial charge in [-0.2, -0.15) is 5.10 Å². The lowest BCUT2D eigenvalue weighted by atomic mass is 10.1. The number of nitrogens with zero attached hydrogens (tertiary/aromatic N) is 4. The number of nitrogens with one attached hydrogen (secondary N) is 2. The molecule has 0 saturated heterocycles. The van der Waals surface area contributed by atoms with Crippen molar-refractivity contribution in [2.75, 3.05) is 16.9 Å². The Hall–Kier alpha value is -3.11. The van der Waals surface area contributed by atoms with E-state index in [1.807, 2.05) is 61.5 Å². The van der Waals surface area contributed by atoms with E-state index in [1.54, 1.807) is 0 Å². The maximum atomic E-state index is 12.3. The lowest BCUT2D eigenvalue weighted by molar-refractivity contribution is -0.113. The van der Waals surface area contributed by atoms with E-state index in [2.05, 4.69) is 41.6 Å². The van der Waals surface area contributed by atoms with Crippen LogP contribution in [-0.4, -0.2) is 36.7 Å². The van der Waals surface area contributed by atoms with Gasteiger partial charge in [-0.05, 0) is 36.8 Å². The molecule has 0 spiro atoms. The molecule has 0 aliphatic heterocycles. The molecule has 1 amide bonds. The minimum Gasteiger partial charge on any atom is -0.335 e. The Morgan fingerprint density at radius 2 is 2.00 bits per heavy atom. The number of rotatable bonds is 6. The maximum absolute atomic E-state index is 12.3. The number of aromatic nitrogens is 5. The van der Waals surface area contributed by atoms with Crippen LogP contribution in [0.1, 0.15) is 5.56 Å². The molecule has 2 aromatic heterocycles. The van der Waals surface area contributed by atoms with E-state index in [4.69, 9.17) is 5.84 Å². The van der Waals surface area contributed by atoms with Crippen molar-refractivity contribution in [2.45, 2.75) is 12.1 Å². The summed E-state index contributed by atoms with van der Waals surface area (Å²) in [4.78, 5) is 12.3. The summed E-state index contributed by atoms with van der Waals surface area (Å²) >= 11 is 4.65. The summed E-state index contributed by atoms with van der Waals surface area (Å²) in [5.41, 5.74) is 4.19. The summed E-state index contributed by atoms with van der Waals surface area (Å²) in [5.74, 6) is 6.59. The molecule has 0 aliphatic rings. The van der Waals surface area contributed by atoms with Crippen LogP contribution in [0.15, 0.2) is 64.2 Å². The molecule has 0 unspecified atom stereocenters. The van der Waals surface area contributed by atoms with Crippen molar-refractivity contribution in [1.29, 1.82) is 0 Å². The Bertz CT molecular complexity index is 1190. The Labute approximate surface area is 185 Å². The largest absolute Gasteiger partial charge is 0.335 e. The van der Waals surface area contributed by atoms with Gasteiger partial charge in [0.15, 0.2) is 0 Å². The standard InChI is InChI=1S/C20H18BrN7OS/c1-12-9-14(7-8-15(12)21)23-18(29)11-30-20-27-26-19(28(20)22)17-10-16(24-25-17)13-5-3-2-4-6-13/h2-10H,11,22H2,1H3,(H,23,29)(H,24,25). The third-order valence-corrected chi connectivity index (χ3v) is 6.16. The number of hydrogen-bond donors (Lipinski definition) is 3. The fourth-order valence-electron chi connectivity index (χ4n) is 2.80. The van der Waals surface area contributed by atoms with Crippen LogP contribution in [0.3, 0.4) is 0 Å². The van der Waals surface area contributed by atoms with Gasteiger partial charge in [-0.3, -0.25) is 9.89 Å². The molecule has 4 aromatic rings. The number of hydrogen-bond acceptors (Lipinski definition) is 6. The predicted octanol–water partition coefficient (Wildman–Crippen LogP) is 3.85. The second-order valence-corrected chi connectivity index (χ2v) is 8.31. The van der Waals surface area contributed by atoms with Gasteiger partial charge in [0.1, 0.15) is 5.69 Å². The van der Waals surface area contributed by atoms with Crippen molar-refractivity contribution in [2.24, 2.45) is 0 Å². The first-order chi connectivity index (χ1) is 14.5. The zero-order chi connectivity index (χ0) is 21.1. The summed E-state index contributed by atoms with van der Waals surface area (Å²) in [7, 11) is 0. The lowest BCUT2D eigenvalue weighted by Crippen LogP contribution is -2.16. The molecule has 0 atom stereocenters. The predicted molar refractivity (Wildman–Crippen MR) is 121 cm³/mol. The van der Waals surface area contributed by atoms with Gasteiger partial charge in [-0.1, -0.05) is 58.0 Å². The van der Waals surface area contributed by atoms with Crippen LogP contribution in [0.2, 0.25) is 0 Å². The number of thioether (sulfide) groups is 1. The number of aryl methyl sites for hydroxylation is 1. The number of nitrogen functional groups attached to an aromatic ring is 1. The topological polar surface area (TPSA) is 115 Å². The van der Waals surface area contributed by atoms with Gasteiger partial charge in [0.25, 0.3) is 0 Å². The molecule has 2 aromatic carbocycles. The van der Waals surface area contributed by atoms with Crippen LogP contribution in [0.5, 0.6) is 0 Å². The molecule has 4 N–H and O–H groups in total. The third-order valence-electron chi connectivity index (χ3n) is 4.33. The minimum atomic E-state index is -0.154. The van der Waals surface area contributed by atoms with Crippen LogP contribution in [-0.2, 0) is 4.79 Å². The van der Waals surface area contributed by atoms with Crippen LogP contribution in [0.4, 0.5) is 5.69 Å². The molecule has 10 heteroatoms. The van der Waals surface area contributed by atoms with Gasteiger partial charge in [0.05, 0.1) is 11.4 Å². The first kappa shape index (κ1) is 20.2. The van der Waals surface area contributed by atoms with Gasteiger partial charge < -0.3 is 11.2 Å². The number of nitrogens with two attached hydrogens (primary N) is 1. The van der Waals surface area contributed by atoms with Crippen molar-refractivity contribution in [3.63, 3.8) is 0 Å². The van der Waals surface area contributed by atoms with Gasteiger partial charge >= 0.3 is 0 Å². The molecule has 0 radical (unpaired) electrons. The highest BCUT2D eigenvalue weighted by Crippen LogP contribution is 2.25. The van der Waals surface area contributed by atoms with Crippen molar-refractivity contribution >= 4 is 39.3 Å². The Morgan fingerprint density at radius 1 is 1.20 bits per heavy atom. The number of amides is 1. The molecule has 4 rings (SSSR count).